The van der Waals surface area contributed by atoms with Gasteiger partial charge in [0, 0.05) is 38.5 Å². The molecular formula is C29H38N6O6S. The maximum atomic E-state index is 13.4. The molecule has 0 radical (unpaired) electrons. The number of nitrogens with zero attached hydrogens (tertiary/aromatic N) is 2. The number of carbonyl (C=O) groups is 2. The summed E-state index contributed by atoms with van der Waals surface area (Å²) < 4.78 is 39.0. The highest BCUT2D eigenvalue weighted by Gasteiger charge is 2.28. The van der Waals surface area contributed by atoms with E-state index < -0.39 is 27.7 Å². The van der Waals surface area contributed by atoms with Crippen molar-refractivity contribution in [2.45, 2.75) is 32.8 Å². The Kier molecular flexibility index (Phi) is 11.1. The monoisotopic (exact) mass is 598 g/mol. The predicted molar refractivity (Wildman–Crippen MR) is 163 cm³/mol. The van der Waals surface area contributed by atoms with Gasteiger partial charge in [-0.3, -0.25) is 24.7 Å². The summed E-state index contributed by atoms with van der Waals surface area (Å²) in [6.45, 7) is 4.53. The lowest BCUT2D eigenvalue weighted by molar-refractivity contribution is -0.139. The van der Waals surface area contributed by atoms with Gasteiger partial charge < -0.3 is 25.4 Å². The maximum absolute atomic E-state index is 13.4. The molecule has 1 aliphatic heterocycles. The van der Waals surface area contributed by atoms with Crippen molar-refractivity contribution < 1.29 is 27.5 Å². The van der Waals surface area contributed by atoms with E-state index in [0.717, 1.165) is 4.31 Å². The summed E-state index contributed by atoms with van der Waals surface area (Å²) in [5.41, 5.74) is 7.11. The van der Waals surface area contributed by atoms with Gasteiger partial charge in [0.15, 0.2) is 5.75 Å². The molecule has 0 unspecified atom stereocenters. The van der Waals surface area contributed by atoms with Gasteiger partial charge in [-0.25, -0.2) is 8.42 Å². The van der Waals surface area contributed by atoms with Crippen molar-refractivity contribution >= 4 is 45.3 Å². The van der Waals surface area contributed by atoms with Gasteiger partial charge in [0.25, 0.3) is 5.91 Å². The average Bonchev–Trinajstić information content (AvgIpc) is 2.95. The zero-order valence-corrected chi connectivity index (χ0v) is 24.9. The number of nitrogens with two attached hydrogens (primary N) is 1. The van der Waals surface area contributed by atoms with Gasteiger partial charge in [0.05, 0.1) is 30.2 Å². The van der Waals surface area contributed by atoms with Crippen LogP contribution in [0.5, 0.6) is 5.75 Å². The van der Waals surface area contributed by atoms with E-state index in [1.54, 1.807) is 56.3 Å². The normalized spacial score (nSPS) is 13.9. The molecule has 0 atom stereocenters. The van der Waals surface area contributed by atoms with Gasteiger partial charge >= 0.3 is 5.97 Å². The van der Waals surface area contributed by atoms with Crippen LogP contribution in [0.1, 0.15) is 48.2 Å². The Hall–Kier alpha value is -4.39. The molecule has 5 N–H and O–H groups in total. The van der Waals surface area contributed by atoms with E-state index >= 15 is 0 Å². The Morgan fingerprint density at radius 2 is 1.88 bits per heavy atom. The molecule has 1 heterocycles. The van der Waals surface area contributed by atoms with Crippen molar-refractivity contribution in [3.05, 3.63) is 65.2 Å². The predicted octanol–water partition coefficient (Wildman–Crippen LogP) is 2.58. The second-order valence-electron chi connectivity index (χ2n) is 9.68. The van der Waals surface area contributed by atoms with Crippen molar-refractivity contribution in [3.8, 4) is 5.75 Å². The fourth-order valence-electron chi connectivity index (χ4n) is 4.48. The number of ether oxygens (including phenoxy) is 2. The quantitative estimate of drug-likeness (QED) is 0.163. The van der Waals surface area contributed by atoms with E-state index in [9.17, 15) is 18.0 Å². The number of esters is 1. The van der Waals surface area contributed by atoms with Gasteiger partial charge in [-0.05, 0) is 43.7 Å². The molecular weight excluding hydrogens is 560 g/mol. The van der Waals surface area contributed by atoms with Gasteiger partial charge in [-0.15, -0.1) is 0 Å². The van der Waals surface area contributed by atoms with Crippen LogP contribution in [0.25, 0.3) is 6.08 Å². The summed E-state index contributed by atoms with van der Waals surface area (Å²) in [5, 5.41) is 18.0. The first kappa shape index (κ1) is 32.1. The first-order valence-corrected chi connectivity index (χ1v) is 15.2. The lowest BCUT2D eigenvalue weighted by Crippen LogP contribution is -2.40. The van der Waals surface area contributed by atoms with Crippen molar-refractivity contribution in [2.24, 2.45) is 5.73 Å². The fourth-order valence-corrected chi connectivity index (χ4v) is 5.77. The molecule has 1 aliphatic rings. The van der Waals surface area contributed by atoms with E-state index in [1.807, 2.05) is 4.90 Å². The van der Waals surface area contributed by atoms with E-state index in [1.165, 1.54) is 19.2 Å². The topological polar surface area (TPSA) is 179 Å². The average molecular weight is 599 g/mol. The van der Waals surface area contributed by atoms with Crippen LogP contribution >= 0.6 is 0 Å². The van der Waals surface area contributed by atoms with Crippen molar-refractivity contribution in [1.29, 1.82) is 10.8 Å². The number of rotatable bonds is 12. The molecule has 0 aromatic heterocycles. The lowest BCUT2D eigenvalue weighted by Gasteiger charge is -2.33. The van der Waals surface area contributed by atoms with Crippen LogP contribution in [0.2, 0.25) is 0 Å². The van der Waals surface area contributed by atoms with Crippen LogP contribution in [0.15, 0.2) is 48.5 Å². The Morgan fingerprint density at radius 1 is 1.17 bits per heavy atom. The van der Waals surface area contributed by atoms with Gasteiger partial charge in [-0.1, -0.05) is 30.4 Å². The molecule has 42 heavy (non-hydrogen) atoms. The molecule has 1 saturated heterocycles. The minimum atomic E-state index is -4.22. The summed E-state index contributed by atoms with van der Waals surface area (Å²) in [7, 11) is -2.75. The number of carbonyl (C=O) groups excluding carboxylic acids is 2. The smallest absolute Gasteiger partial charge is 0.323 e. The number of amidine groups is 2. The number of benzene rings is 2. The highest BCUT2D eigenvalue weighted by Crippen LogP contribution is 2.30. The molecule has 2 aromatic rings. The van der Waals surface area contributed by atoms with Crippen LogP contribution in [0.4, 0.5) is 5.69 Å². The molecule has 1 fully saturated rings. The Morgan fingerprint density at radius 3 is 2.50 bits per heavy atom. The number of likely N-dealkylation sites (tertiary alicyclic amines) is 1. The largest absolute Gasteiger partial charge is 0.489 e. The summed E-state index contributed by atoms with van der Waals surface area (Å²) in [4.78, 5) is 27.0. The molecule has 0 aliphatic carbocycles. The minimum absolute atomic E-state index is 0.0337. The molecule has 3 rings (SSSR count). The number of nitrogen functional groups attached to an aromatic ring is 1. The molecule has 0 spiro atoms. The Bertz CT molecular complexity index is 1450. The van der Waals surface area contributed by atoms with E-state index in [-0.39, 0.29) is 36.3 Å². The number of nitrogens with one attached hydrogen (secondary N) is 3. The third kappa shape index (κ3) is 8.56. The molecule has 12 nitrogen and oxygen atoms in total. The van der Waals surface area contributed by atoms with Crippen LogP contribution < -0.4 is 20.1 Å². The standard InChI is InChI=1S/C29H38N6O6S/c1-4-40-27(36)19-42(38,39)35(14-6-8-21-7-5-9-22(17-21)28(31)32)23-10-11-26(25(18-23)29(37)33-3)41-24-12-15-34(16-13-24)20(2)30/h5-11,17-18,24,30H,4,12-16,19H2,1-3H3,(H3,31,32)(H,33,37). The Balaban J connectivity index is 1.94. The molecule has 2 aromatic carbocycles. The minimum Gasteiger partial charge on any atom is -0.489 e. The number of piperidine rings is 1. The second kappa shape index (κ2) is 14.5. The van der Waals surface area contributed by atoms with Gasteiger partial charge in [0.1, 0.15) is 17.7 Å². The molecule has 1 amide bonds. The SMILES string of the molecule is CCOC(=O)CS(=O)(=O)N(CC=Cc1cccc(C(=N)N)c1)c1ccc(OC2CCN(C(C)=N)CC2)c(C(=O)NC)c1. The zero-order chi connectivity index (χ0) is 30.9. The lowest BCUT2D eigenvalue weighted by atomic mass is 10.1. The highest BCUT2D eigenvalue weighted by atomic mass is 32.2. The Labute approximate surface area is 246 Å². The fraction of sp³-hybridized carbons (Fsp3) is 0.379. The summed E-state index contributed by atoms with van der Waals surface area (Å²) >= 11 is 0. The van der Waals surface area contributed by atoms with Crippen LogP contribution in [-0.4, -0.2) is 82.0 Å². The molecule has 13 heteroatoms. The summed E-state index contributed by atoms with van der Waals surface area (Å²) in [5.74, 6) is -1.52. The van der Waals surface area contributed by atoms with Crippen molar-refractivity contribution in [3.63, 3.8) is 0 Å². The van der Waals surface area contributed by atoms with Gasteiger partial charge in [0.2, 0.25) is 10.0 Å². The zero-order valence-electron chi connectivity index (χ0n) is 24.1. The third-order valence-electron chi connectivity index (χ3n) is 6.65. The first-order valence-electron chi connectivity index (χ1n) is 13.5. The van der Waals surface area contributed by atoms with Gasteiger partial charge in [-0.2, -0.15) is 0 Å². The number of hydrogen-bond donors (Lipinski definition) is 4. The van der Waals surface area contributed by atoms with E-state index in [0.29, 0.717) is 48.6 Å². The summed E-state index contributed by atoms with van der Waals surface area (Å²) in [6, 6.07) is 11.4. The number of anilines is 1. The van der Waals surface area contributed by atoms with E-state index in [2.05, 4.69) is 5.32 Å². The number of sulfonamides is 1. The molecule has 226 valence electrons. The van der Waals surface area contributed by atoms with Crippen LogP contribution in [0, 0.1) is 10.8 Å². The number of amides is 1. The van der Waals surface area contributed by atoms with E-state index in [4.69, 9.17) is 26.0 Å². The third-order valence-corrected chi connectivity index (χ3v) is 8.29. The maximum Gasteiger partial charge on any atom is 0.323 e. The van der Waals surface area contributed by atoms with Crippen molar-refractivity contribution in [2.75, 3.05) is 43.3 Å². The molecule has 0 bridgehead atoms. The van der Waals surface area contributed by atoms with Crippen LogP contribution in [0.3, 0.4) is 0 Å². The second-order valence-corrected chi connectivity index (χ2v) is 11.6. The molecule has 0 saturated carbocycles. The summed E-state index contributed by atoms with van der Waals surface area (Å²) in [6.07, 6.45) is 4.44. The first-order chi connectivity index (χ1) is 19.9. The number of hydrogen-bond acceptors (Lipinski definition) is 8. The highest BCUT2D eigenvalue weighted by molar-refractivity contribution is 7.93. The van der Waals surface area contributed by atoms with Crippen molar-refractivity contribution in [1.82, 2.24) is 10.2 Å². The van der Waals surface area contributed by atoms with Crippen LogP contribution in [-0.2, 0) is 19.6 Å².